The lowest BCUT2D eigenvalue weighted by molar-refractivity contribution is -0.121. The number of piperidine rings is 1. The molecule has 1 aromatic carbocycles. The molecule has 1 fully saturated rings. The largest absolute Gasteiger partial charge is 0.482 e. The van der Waals surface area contributed by atoms with Gasteiger partial charge in [0.2, 0.25) is 0 Å². The van der Waals surface area contributed by atoms with Crippen molar-refractivity contribution in [2.75, 3.05) is 43.4 Å². The Balaban J connectivity index is 1.71. The minimum atomic E-state index is 0.0140. The molecule has 0 unspecified atom stereocenters. The van der Waals surface area contributed by atoms with E-state index in [1.54, 1.807) is 6.07 Å². The number of likely N-dealkylation sites (tertiary alicyclic amines) is 1. The van der Waals surface area contributed by atoms with E-state index in [2.05, 4.69) is 4.90 Å². The highest BCUT2D eigenvalue weighted by atomic mass is 16.5. The summed E-state index contributed by atoms with van der Waals surface area (Å²) in [7, 11) is 0. The minimum absolute atomic E-state index is 0.0140. The van der Waals surface area contributed by atoms with Crippen molar-refractivity contribution in [1.82, 2.24) is 4.90 Å². The van der Waals surface area contributed by atoms with Crippen LogP contribution in [-0.4, -0.2) is 43.6 Å². The van der Waals surface area contributed by atoms with Crippen LogP contribution in [0, 0.1) is 0 Å². The summed E-state index contributed by atoms with van der Waals surface area (Å²) in [6.07, 6.45) is 3.85. The second-order valence-electron chi connectivity index (χ2n) is 5.46. The van der Waals surface area contributed by atoms with E-state index in [4.69, 9.17) is 10.5 Å². The van der Waals surface area contributed by atoms with Crippen molar-refractivity contribution in [3.8, 4) is 5.75 Å². The number of benzene rings is 1. The highest BCUT2D eigenvalue weighted by molar-refractivity contribution is 5.98. The highest BCUT2D eigenvalue weighted by Crippen LogP contribution is 2.33. The van der Waals surface area contributed by atoms with Gasteiger partial charge in [-0.25, -0.2) is 0 Å². The average Bonchev–Trinajstić information content (AvgIpc) is 2.47. The summed E-state index contributed by atoms with van der Waals surface area (Å²) in [5, 5.41) is 0. The van der Waals surface area contributed by atoms with Crippen molar-refractivity contribution < 1.29 is 9.53 Å². The third-order valence-corrected chi connectivity index (χ3v) is 4.01. The zero-order chi connectivity index (χ0) is 13.9. The van der Waals surface area contributed by atoms with Gasteiger partial charge in [0.05, 0.1) is 5.69 Å². The molecule has 0 atom stereocenters. The predicted molar refractivity (Wildman–Crippen MR) is 79.0 cm³/mol. The Bertz CT molecular complexity index is 498. The average molecular weight is 275 g/mol. The maximum atomic E-state index is 12.1. The Morgan fingerprint density at radius 1 is 1.15 bits per heavy atom. The van der Waals surface area contributed by atoms with E-state index in [1.165, 1.54) is 19.3 Å². The molecule has 2 aliphatic heterocycles. The molecule has 0 spiro atoms. The van der Waals surface area contributed by atoms with E-state index in [9.17, 15) is 4.79 Å². The third kappa shape index (κ3) is 2.72. The smallest absolute Gasteiger partial charge is 0.265 e. The van der Waals surface area contributed by atoms with Crippen molar-refractivity contribution in [2.24, 2.45) is 0 Å². The number of carbonyl (C=O) groups is 1. The van der Waals surface area contributed by atoms with Gasteiger partial charge in [0, 0.05) is 18.8 Å². The zero-order valence-corrected chi connectivity index (χ0v) is 11.7. The molecule has 1 aromatic rings. The number of hydrogen-bond acceptors (Lipinski definition) is 4. The topological polar surface area (TPSA) is 58.8 Å². The predicted octanol–water partition coefficient (Wildman–Crippen LogP) is 1.48. The molecule has 108 valence electrons. The fourth-order valence-electron chi connectivity index (χ4n) is 2.89. The number of nitrogen functional groups attached to an aromatic ring is 1. The first kappa shape index (κ1) is 13.2. The molecule has 2 aliphatic rings. The monoisotopic (exact) mass is 275 g/mol. The van der Waals surface area contributed by atoms with Gasteiger partial charge in [-0.1, -0.05) is 6.42 Å². The fourth-order valence-corrected chi connectivity index (χ4v) is 2.89. The van der Waals surface area contributed by atoms with Crippen LogP contribution in [0.5, 0.6) is 5.75 Å². The molecule has 5 heteroatoms. The van der Waals surface area contributed by atoms with Gasteiger partial charge in [0.25, 0.3) is 5.91 Å². The van der Waals surface area contributed by atoms with Crippen LogP contribution in [-0.2, 0) is 4.79 Å². The third-order valence-electron chi connectivity index (χ3n) is 4.01. The Morgan fingerprint density at radius 3 is 2.75 bits per heavy atom. The van der Waals surface area contributed by atoms with Crippen molar-refractivity contribution in [3.63, 3.8) is 0 Å². The lowest BCUT2D eigenvalue weighted by Crippen LogP contribution is -2.44. The van der Waals surface area contributed by atoms with Gasteiger partial charge < -0.3 is 20.3 Å². The molecule has 0 saturated carbocycles. The van der Waals surface area contributed by atoms with E-state index in [0.717, 1.165) is 31.1 Å². The molecule has 5 nitrogen and oxygen atoms in total. The second-order valence-corrected chi connectivity index (χ2v) is 5.46. The molecule has 0 aliphatic carbocycles. The van der Waals surface area contributed by atoms with Gasteiger partial charge in [-0.15, -0.1) is 0 Å². The highest BCUT2D eigenvalue weighted by Gasteiger charge is 2.26. The summed E-state index contributed by atoms with van der Waals surface area (Å²) in [6, 6.07) is 5.46. The quantitative estimate of drug-likeness (QED) is 0.849. The standard InChI is InChI=1S/C15H21N3O2/c16-12-4-5-14-13(10-12)18(15(19)11-20-14)9-8-17-6-2-1-3-7-17/h4-5,10H,1-3,6-9,11,16H2. The van der Waals surface area contributed by atoms with Crippen molar-refractivity contribution in [2.45, 2.75) is 19.3 Å². The number of hydrogen-bond donors (Lipinski definition) is 1. The second kappa shape index (κ2) is 5.71. The summed E-state index contributed by atoms with van der Waals surface area (Å²) in [5.41, 5.74) is 7.29. The molecule has 20 heavy (non-hydrogen) atoms. The van der Waals surface area contributed by atoms with Gasteiger partial charge in [-0.3, -0.25) is 4.79 Å². The van der Waals surface area contributed by atoms with Gasteiger partial charge in [-0.05, 0) is 44.1 Å². The Hall–Kier alpha value is -1.75. The van der Waals surface area contributed by atoms with E-state index >= 15 is 0 Å². The fraction of sp³-hybridized carbons (Fsp3) is 0.533. The maximum absolute atomic E-state index is 12.1. The zero-order valence-electron chi connectivity index (χ0n) is 11.7. The first-order chi connectivity index (χ1) is 9.74. The number of anilines is 2. The Kier molecular flexibility index (Phi) is 3.78. The van der Waals surface area contributed by atoms with Gasteiger partial charge in [-0.2, -0.15) is 0 Å². The van der Waals surface area contributed by atoms with E-state index in [-0.39, 0.29) is 12.5 Å². The van der Waals surface area contributed by atoms with Crippen molar-refractivity contribution >= 4 is 17.3 Å². The summed E-state index contributed by atoms with van der Waals surface area (Å²) in [5.74, 6) is 0.762. The van der Waals surface area contributed by atoms with Gasteiger partial charge >= 0.3 is 0 Å². The molecule has 0 radical (unpaired) electrons. The lowest BCUT2D eigenvalue weighted by Gasteiger charge is -2.33. The molecule has 1 saturated heterocycles. The van der Waals surface area contributed by atoms with Crippen LogP contribution in [0.4, 0.5) is 11.4 Å². The molecular weight excluding hydrogens is 254 g/mol. The van der Waals surface area contributed by atoms with Crippen LogP contribution in [0.1, 0.15) is 19.3 Å². The van der Waals surface area contributed by atoms with Crippen LogP contribution in [0.15, 0.2) is 18.2 Å². The lowest BCUT2D eigenvalue weighted by atomic mass is 10.1. The first-order valence-electron chi connectivity index (χ1n) is 7.29. The SMILES string of the molecule is Nc1ccc2c(c1)N(CCN1CCCCC1)C(=O)CO2. The molecule has 1 amide bonds. The van der Waals surface area contributed by atoms with Crippen LogP contribution in [0.3, 0.4) is 0 Å². The number of carbonyl (C=O) groups excluding carboxylic acids is 1. The van der Waals surface area contributed by atoms with Crippen LogP contribution >= 0.6 is 0 Å². The molecule has 3 rings (SSSR count). The molecule has 0 bridgehead atoms. The summed E-state index contributed by atoms with van der Waals surface area (Å²) in [6.45, 7) is 4.03. The van der Waals surface area contributed by atoms with Crippen LogP contribution in [0.2, 0.25) is 0 Å². The number of rotatable bonds is 3. The van der Waals surface area contributed by atoms with Crippen LogP contribution < -0.4 is 15.4 Å². The number of nitrogens with two attached hydrogens (primary N) is 1. The van der Waals surface area contributed by atoms with Crippen molar-refractivity contribution in [1.29, 1.82) is 0 Å². The van der Waals surface area contributed by atoms with Crippen LogP contribution in [0.25, 0.3) is 0 Å². The normalized spacial score (nSPS) is 19.6. The van der Waals surface area contributed by atoms with Gasteiger partial charge in [0.1, 0.15) is 5.75 Å². The molecule has 0 aromatic heterocycles. The molecule has 2 heterocycles. The summed E-state index contributed by atoms with van der Waals surface area (Å²) >= 11 is 0. The summed E-state index contributed by atoms with van der Waals surface area (Å²) < 4.78 is 5.45. The molecule has 2 N–H and O–H groups in total. The first-order valence-corrected chi connectivity index (χ1v) is 7.29. The number of amides is 1. The Labute approximate surface area is 119 Å². The number of fused-ring (bicyclic) bond motifs is 1. The van der Waals surface area contributed by atoms with E-state index < -0.39 is 0 Å². The van der Waals surface area contributed by atoms with Crippen molar-refractivity contribution in [3.05, 3.63) is 18.2 Å². The van der Waals surface area contributed by atoms with E-state index in [0.29, 0.717) is 12.2 Å². The van der Waals surface area contributed by atoms with Gasteiger partial charge in [0.15, 0.2) is 6.61 Å². The van der Waals surface area contributed by atoms with E-state index in [1.807, 2.05) is 17.0 Å². The maximum Gasteiger partial charge on any atom is 0.265 e. The minimum Gasteiger partial charge on any atom is -0.482 e. The Morgan fingerprint density at radius 2 is 1.95 bits per heavy atom. The summed E-state index contributed by atoms with van der Waals surface area (Å²) in [4.78, 5) is 16.3. The number of nitrogens with zero attached hydrogens (tertiary/aromatic N) is 2. The molecular formula is C15H21N3O2. The number of ether oxygens (including phenoxy) is 1.